The molecule has 5 heteroatoms. The van der Waals surface area contributed by atoms with Gasteiger partial charge in [0.05, 0.1) is 11.7 Å². The van der Waals surface area contributed by atoms with Crippen LogP contribution in [-0.4, -0.2) is 51.8 Å². The summed E-state index contributed by atoms with van der Waals surface area (Å²) in [6.07, 6.45) is 2.59. The molecule has 1 aliphatic heterocycles. The van der Waals surface area contributed by atoms with Crippen molar-refractivity contribution < 1.29 is 15.0 Å². The van der Waals surface area contributed by atoms with Crippen LogP contribution in [0, 0.1) is 11.8 Å². The highest BCUT2D eigenvalue weighted by Gasteiger charge is 2.25. The number of aromatic nitrogens is 1. The van der Waals surface area contributed by atoms with E-state index in [4.69, 9.17) is 5.11 Å². The van der Waals surface area contributed by atoms with Crippen molar-refractivity contribution in [3.8, 4) is 11.8 Å². The molecule has 0 spiro atoms. The lowest BCUT2D eigenvalue weighted by Gasteiger charge is -2.30. The number of β-amino-alcohol motifs (C(OH)–C–C–N with tert-alkyl or cyclic N) is 1. The number of carbonyl (C=O) groups excluding carboxylic acids is 1. The fraction of sp³-hybridized carbons (Fsp3) is 0.429. The predicted molar refractivity (Wildman–Crippen MR) is 69.3 cm³/mol. The van der Waals surface area contributed by atoms with E-state index >= 15 is 0 Å². The molecule has 0 radical (unpaired) electrons. The third-order valence-corrected chi connectivity index (χ3v) is 3.00. The molecule has 1 aliphatic rings. The number of likely N-dealkylation sites (tertiary alicyclic amines) is 1. The number of rotatable bonds is 1. The van der Waals surface area contributed by atoms with Gasteiger partial charge in [-0.2, -0.15) is 0 Å². The van der Waals surface area contributed by atoms with Crippen molar-refractivity contribution in [2.24, 2.45) is 0 Å². The van der Waals surface area contributed by atoms with Crippen LogP contribution in [0.25, 0.3) is 0 Å². The Morgan fingerprint density at radius 1 is 1.58 bits per heavy atom. The lowest BCUT2D eigenvalue weighted by Crippen LogP contribution is -2.42. The Kier molecular flexibility index (Phi) is 4.50. The quantitative estimate of drug-likeness (QED) is 0.698. The van der Waals surface area contributed by atoms with E-state index in [1.807, 2.05) is 0 Å². The van der Waals surface area contributed by atoms with Gasteiger partial charge >= 0.3 is 0 Å². The highest BCUT2D eigenvalue weighted by molar-refractivity contribution is 5.94. The standard InChI is InChI=1S/C14H16N2O3/c17-9-3-5-11-4-1-7-15-13(11)14(19)16-8-2-6-12(18)10-16/h1,4,7,12,17-18H,2,6,8-10H2. The van der Waals surface area contributed by atoms with Gasteiger partial charge in [0.1, 0.15) is 12.3 Å². The molecule has 1 unspecified atom stereocenters. The second kappa shape index (κ2) is 6.32. The molecule has 19 heavy (non-hydrogen) atoms. The third kappa shape index (κ3) is 3.31. The van der Waals surface area contributed by atoms with Crippen LogP contribution in [0.3, 0.4) is 0 Å². The minimum absolute atomic E-state index is 0.221. The lowest BCUT2D eigenvalue weighted by molar-refractivity contribution is 0.0468. The maximum atomic E-state index is 12.4. The van der Waals surface area contributed by atoms with Crippen molar-refractivity contribution in [1.29, 1.82) is 0 Å². The predicted octanol–water partition coefficient (Wildman–Crippen LogP) is 0.0223. The summed E-state index contributed by atoms with van der Waals surface area (Å²) in [4.78, 5) is 18.0. The molecule has 1 aromatic rings. The number of aliphatic hydroxyl groups is 2. The van der Waals surface area contributed by atoms with Crippen molar-refractivity contribution in [1.82, 2.24) is 9.88 Å². The topological polar surface area (TPSA) is 73.7 Å². The van der Waals surface area contributed by atoms with E-state index in [9.17, 15) is 9.90 Å². The molecule has 5 nitrogen and oxygen atoms in total. The smallest absolute Gasteiger partial charge is 0.273 e. The monoisotopic (exact) mass is 260 g/mol. The summed E-state index contributed by atoms with van der Waals surface area (Å²) in [6, 6.07) is 3.40. The van der Waals surface area contributed by atoms with E-state index in [1.165, 1.54) is 6.20 Å². The van der Waals surface area contributed by atoms with Crippen LogP contribution in [-0.2, 0) is 0 Å². The summed E-state index contributed by atoms with van der Waals surface area (Å²) >= 11 is 0. The SMILES string of the molecule is O=C(c1ncccc1C#CCO)N1CCCC(O)C1. The first-order valence-corrected chi connectivity index (χ1v) is 6.24. The Balaban J connectivity index is 2.23. The fourth-order valence-corrected chi connectivity index (χ4v) is 2.10. The summed E-state index contributed by atoms with van der Waals surface area (Å²) in [6.45, 7) is 0.701. The maximum absolute atomic E-state index is 12.4. The van der Waals surface area contributed by atoms with Gasteiger partial charge in [0.15, 0.2) is 0 Å². The molecule has 100 valence electrons. The van der Waals surface area contributed by atoms with Gasteiger partial charge in [-0.05, 0) is 25.0 Å². The van der Waals surface area contributed by atoms with Crippen molar-refractivity contribution in [2.75, 3.05) is 19.7 Å². The number of aliphatic hydroxyl groups excluding tert-OH is 2. The van der Waals surface area contributed by atoms with Crippen LogP contribution in [0.1, 0.15) is 28.9 Å². The molecule has 1 aromatic heterocycles. The second-order valence-corrected chi connectivity index (χ2v) is 4.41. The first kappa shape index (κ1) is 13.5. The average Bonchev–Trinajstić information content (AvgIpc) is 2.44. The highest BCUT2D eigenvalue weighted by Crippen LogP contribution is 2.14. The van der Waals surface area contributed by atoms with E-state index in [0.29, 0.717) is 18.7 Å². The van der Waals surface area contributed by atoms with Crippen molar-refractivity contribution in [3.05, 3.63) is 29.6 Å². The first-order chi connectivity index (χ1) is 9.22. The second-order valence-electron chi connectivity index (χ2n) is 4.41. The lowest BCUT2D eigenvalue weighted by atomic mass is 10.1. The minimum atomic E-state index is -0.464. The maximum Gasteiger partial charge on any atom is 0.273 e. The summed E-state index contributed by atoms with van der Waals surface area (Å²) in [7, 11) is 0. The zero-order valence-electron chi connectivity index (χ0n) is 10.5. The molecule has 2 heterocycles. The number of carbonyl (C=O) groups is 1. The molecule has 0 aromatic carbocycles. The Morgan fingerprint density at radius 3 is 3.16 bits per heavy atom. The number of pyridine rings is 1. The zero-order valence-corrected chi connectivity index (χ0v) is 10.5. The van der Waals surface area contributed by atoms with Crippen LogP contribution in [0.2, 0.25) is 0 Å². The van der Waals surface area contributed by atoms with Crippen molar-refractivity contribution >= 4 is 5.91 Å². The van der Waals surface area contributed by atoms with Gasteiger partial charge in [-0.1, -0.05) is 11.8 Å². The van der Waals surface area contributed by atoms with Gasteiger partial charge in [0.2, 0.25) is 0 Å². The number of amides is 1. The Labute approximate surface area is 111 Å². The number of piperidine rings is 1. The highest BCUT2D eigenvalue weighted by atomic mass is 16.3. The number of hydrogen-bond donors (Lipinski definition) is 2. The van der Waals surface area contributed by atoms with E-state index in [0.717, 1.165) is 12.8 Å². The summed E-state index contributed by atoms with van der Waals surface area (Å²) in [5.74, 6) is 5.02. The Hall–Kier alpha value is -1.90. The molecule has 2 N–H and O–H groups in total. The summed E-state index contributed by atoms with van der Waals surface area (Å²) in [5.41, 5.74) is 0.777. The van der Waals surface area contributed by atoms with Crippen LogP contribution in [0.4, 0.5) is 0 Å². The van der Waals surface area contributed by atoms with Crippen LogP contribution >= 0.6 is 0 Å². The van der Waals surface area contributed by atoms with Gasteiger partial charge in [0.25, 0.3) is 5.91 Å². The molecular weight excluding hydrogens is 244 g/mol. The molecule has 1 atom stereocenters. The Bertz CT molecular complexity index is 519. The fourth-order valence-electron chi connectivity index (χ4n) is 2.10. The largest absolute Gasteiger partial charge is 0.391 e. The van der Waals surface area contributed by atoms with E-state index in [-0.39, 0.29) is 18.2 Å². The van der Waals surface area contributed by atoms with Crippen LogP contribution < -0.4 is 0 Å². The summed E-state index contributed by atoms with van der Waals surface area (Å²) < 4.78 is 0. The molecule has 1 saturated heterocycles. The van der Waals surface area contributed by atoms with E-state index in [2.05, 4.69) is 16.8 Å². The van der Waals surface area contributed by atoms with E-state index < -0.39 is 6.10 Å². The molecule has 1 amide bonds. The zero-order chi connectivity index (χ0) is 13.7. The molecule has 1 fully saturated rings. The van der Waals surface area contributed by atoms with Gasteiger partial charge in [-0.25, -0.2) is 4.98 Å². The summed E-state index contributed by atoms with van der Waals surface area (Å²) in [5, 5.41) is 18.3. The minimum Gasteiger partial charge on any atom is -0.391 e. The molecule has 2 rings (SSSR count). The van der Waals surface area contributed by atoms with Gasteiger partial charge in [0, 0.05) is 19.3 Å². The number of hydrogen-bond acceptors (Lipinski definition) is 4. The van der Waals surface area contributed by atoms with Gasteiger partial charge in [-0.3, -0.25) is 4.79 Å². The Morgan fingerprint density at radius 2 is 2.42 bits per heavy atom. The van der Waals surface area contributed by atoms with Crippen LogP contribution in [0.5, 0.6) is 0 Å². The normalized spacial score (nSPS) is 18.6. The first-order valence-electron chi connectivity index (χ1n) is 6.24. The van der Waals surface area contributed by atoms with Crippen molar-refractivity contribution in [3.63, 3.8) is 0 Å². The van der Waals surface area contributed by atoms with Crippen LogP contribution in [0.15, 0.2) is 18.3 Å². The molecule has 0 saturated carbocycles. The van der Waals surface area contributed by atoms with E-state index in [1.54, 1.807) is 17.0 Å². The molecule has 0 bridgehead atoms. The van der Waals surface area contributed by atoms with Gasteiger partial charge in [-0.15, -0.1) is 0 Å². The molecule has 0 aliphatic carbocycles. The third-order valence-electron chi connectivity index (χ3n) is 3.00. The average molecular weight is 260 g/mol. The van der Waals surface area contributed by atoms with Crippen molar-refractivity contribution in [2.45, 2.75) is 18.9 Å². The van der Waals surface area contributed by atoms with Gasteiger partial charge < -0.3 is 15.1 Å². The molecular formula is C14H16N2O3. The number of nitrogens with zero attached hydrogens (tertiary/aromatic N) is 2.